The van der Waals surface area contributed by atoms with Gasteiger partial charge >= 0.3 is 5.97 Å². The molecule has 4 rings (SSSR count). The molecule has 2 heterocycles. The molecule has 3 aromatic rings. The number of halogens is 1. The van der Waals surface area contributed by atoms with Gasteiger partial charge in [0.1, 0.15) is 29.0 Å². The zero-order valence-corrected chi connectivity index (χ0v) is 16.6. The van der Waals surface area contributed by atoms with Crippen LogP contribution in [0.3, 0.4) is 0 Å². The summed E-state index contributed by atoms with van der Waals surface area (Å²) < 4.78 is 17.0. The van der Waals surface area contributed by atoms with E-state index in [1.165, 1.54) is 24.3 Å². The van der Waals surface area contributed by atoms with Crippen molar-refractivity contribution >= 4 is 5.97 Å². The number of ether oxygens (including phenoxy) is 1. The molecule has 0 fully saturated rings. The summed E-state index contributed by atoms with van der Waals surface area (Å²) in [7, 11) is 0. The van der Waals surface area contributed by atoms with Gasteiger partial charge in [-0.15, -0.1) is 0 Å². The molecule has 7 N–H and O–H groups in total. The fraction of sp³-hybridized carbons (Fsp3) is 0.143. The van der Waals surface area contributed by atoms with E-state index in [1.54, 1.807) is 0 Å². The fourth-order valence-corrected chi connectivity index (χ4v) is 3.13. The van der Waals surface area contributed by atoms with Gasteiger partial charge in [0, 0.05) is 22.2 Å². The lowest BCUT2D eigenvalue weighted by atomic mass is 9.96. The van der Waals surface area contributed by atoms with Gasteiger partial charge in [-0.3, -0.25) is 4.79 Å². The zero-order valence-electron chi connectivity index (χ0n) is 16.6. The van der Waals surface area contributed by atoms with Crippen LogP contribution < -0.4 is 10.3 Å². The lowest BCUT2D eigenvalue weighted by molar-refractivity contribution is -0.0793. The van der Waals surface area contributed by atoms with Crippen molar-refractivity contribution in [1.82, 2.24) is 4.98 Å². The van der Waals surface area contributed by atoms with Crippen LogP contribution in [0.4, 0.5) is 4.53 Å². The topological polar surface area (TPSA) is 190 Å². The Labute approximate surface area is 184 Å². The van der Waals surface area contributed by atoms with Crippen LogP contribution in [0.2, 0.25) is 0 Å². The van der Waals surface area contributed by atoms with E-state index in [-0.39, 0.29) is 17.2 Å². The van der Waals surface area contributed by atoms with Gasteiger partial charge in [-0.2, -0.15) is 0 Å². The first-order valence-electron chi connectivity index (χ1n) is 9.32. The van der Waals surface area contributed by atoms with Crippen molar-refractivity contribution in [1.29, 1.82) is 0 Å². The van der Waals surface area contributed by atoms with Gasteiger partial charge in [-0.1, -0.05) is 0 Å². The van der Waals surface area contributed by atoms with Crippen LogP contribution >= 0.6 is 0 Å². The molecule has 1 unspecified atom stereocenters. The predicted octanol–water partition coefficient (Wildman–Crippen LogP) is 2.40. The van der Waals surface area contributed by atoms with Gasteiger partial charge in [-0.25, -0.2) is 9.74 Å². The minimum Gasteiger partial charge on any atom is -0.508 e. The van der Waals surface area contributed by atoms with Crippen LogP contribution in [-0.4, -0.2) is 41.6 Å². The molecular formula is C21H18FNO10. The monoisotopic (exact) mass is 463 g/mol. The Kier molecular flexibility index (Phi) is 6.47. The first-order valence-corrected chi connectivity index (χ1v) is 9.32. The van der Waals surface area contributed by atoms with Gasteiger partial charge in [0.25, 0.3) is 5.56 Å². The molecule has 1 aliphatic rings. The number of aromatic nitrogens is 1. The third-order valence-corrected chi connectivity index (χ3v) is 4.74. The summed E-state index contributed by atoms with van der Waals surface area (Å²) in [4.78, 5) is 25.8. The van der Waals surface area contributed by atoms with E-state index in [0.29, 0.717) is 29.7 Å². The van der Waals surface area contributed by atoms with Gasteiger partial charge in [-0.05, 0) is 42.7 Å². The molecule has 12 heteroatoms. The number of nitrogens with one attached hydrogen (secondary N) is 1. The highest BCUT2D eigenvalue weighted by molar-refractivity contribution is 5.86. The molecule has 2 aromatic carbocycles. The Balaban J connectivity index is 0.000000218. The van der Waals surface area contributed by atoms with Crippen LogP contribution in [0.15, 0.2) is 41.2 Å². The standard InChI is InChI=1S/C15H14O6.C6H4FNO4/c16-8-5-10(17)9-1-2-13(21-14(9)6-8)7-3-11(18)15(20)12(19)4-7;7-12-6(11)3-1-2-4(9)5(10)8-3/h3-6,13,16-20H,1-2H2;1-2,9H,(H,8,10). The number of rotatable bonds is 2. The molecule has 0 saturated carbocycles. The molecule has 0 radical (unpaired) electrons. The van der Waals surface area contributed by atoms with E-state index in [2.05, 4.69) is 4.94 Å². The third kappa shape index (κ3) is 5.01. The number of phenolic OH excluding ortho intramolecular Hbond substituents is 5. The molecule has 0 amide bonds. The molecule has 11 nitrogen and oxygen atoms in total. The Hall–Kier alpha value is -4.61. The van der Waals surface area contributed by atoms with Crippen molar-refractivity contribution in [3.63, 3.8) is 0 Å². The van der Waals surface area contributed by atoms with Crippen molar-refractivity contribution in [2.75, 3.05) is 0 Å². The van der Waals surface area contributed by atoms with Crippen LogP contribution in [0.1, 0.15) is 34.1 Å². The number of benzene rings is 2. The van der Waals surface area contributed by atoms with Crippen molar-refractivity contribution < 1.29 is 49.6 Å². The maximum Gasteiger partial charge on any atom is 0.395 e. The van der Waals surface area contributed by atoms with Gasteiger partial charge in [0.2, 0.25) is 0 Å². The Morgan fingerprint density at radius 2 is 1.64 bits per heavy atom. The zero-order chi connectivity index (χ0) is 24.3. The Morgan fingerprint density at radius 3 is 2.24 bits per heavy atom. The van der Waals surface area contributed by atoms with E-state index in [4.69, 9.17) is 9.84 Å². The van der Waals surface area contributed by atoms with Crippen LogP contribution in [0.25, 0.3) is 0 Å². The third-order valence-electron chi connectivity index (χ3n) is 4.74. The quantitative estimate of drug-likeness (QED) is 0.278. The summed E-state index contributed by atoms with van der Waals surface area (Å²) in [5.74, 6) is -3.09. The number of carbonyl (C=O) groups is 1. The number of aromatic amines is 1. The summed E-state index contributed by atoms with van der Waals surface area (Å²) in [6.07, 6.45) is 0.583. The average molecular weight is 463 g/mol. The highest BCUT2D eigenvalue weighted by Gasteiger charge is 2.26. The minimum atomic E-state index is -1.31. The lowest BCUT2D eigenvalue weighted by Gasteiger charge is -2.27. The number of aromatic hydroxyl groups is 6. The normalized spacial score (nSPS) is 14.3. The Bertz CT molecular complexity index is 1230. The van der Waals surface area contributed by atoms with Crippen molar-refractivity contribution in [3.05, 3.63) is 63.6 Å². The maximum atomic E-state index is 11.3. The maximum absolute atomic E-state index is 11.3. The molecule has 0 spiro atoms. The highest BCUT2D eigenvalue weighted by Crippen LogP contribution is 2.44. The van der Waals surface area contributed by atoms with Gasteiger partial charge < -0.3 is 40.4 Å². The number of phenols is 5. The number of H-pyrrole nitrogens is 1. The Morgan fingerprint density at radius 1 is 0.970 bits per heavy atom. The van der Waals surface area contributed by atoms with E-state index >= 15 is 0 Å². The van der Waals surface area contributed by atoms with E-state index < -0.39 is 40.6 Å². The predicted molar refractivity (Wildman–Crippen MR) is 108 cm³/mol. The highest BCUT2D eigenvalue weighted by atomic mass is 19.3. The van der Waals surface area contributed by atoms with E-state index in [1.807, 2.05) is 4.98 Å². The second-order valence-electron chi connectivity index (χ2n) is 6.95. The largest absolute Gasteiger partial charge is 0.508 e. The summed E-state index contributed by atoms with van der Waals surface area (Å²) in [6, 6.07) is 7.27. The van der Waals surface area contributed by atoms with E-state index in [0.717, 1.165) is 12.1 Å². The van der Waals surface area contributed by atoms with Crippen molar-refractivity contribution in [2.45, 2.75) is 18.9 Å². The number of pyridine rings is 1. The molecule has 1 atom stereocenters. The average Bonchev–Trinajstić information content (AvgIpc) is 2.78. The van der Waals surface area contributed by atoms with Crippen LogP contribution in [0, 0.1) is 0 Å². The number of hydrogen-bond acceptors (Lipinski definition) is 10. The molecular weight excluding hydrogens is 445 g/mol. The van der Waals surface area contributed by atoms with Crippen molar-refractivity contribution in [2.24, 2.45) is 0 Å². The first-order chi connectivity index (χ1) is 15.6. The molecule has 33 heavy (non-hydrogen) atoms. The van der Waals surface area contributed by atoms with Gasteiger partial charge in [0.05, 0.1) is 0 Å². The lowest BCUT2D eigenvalue weighted by Crippen LogP contribution is -2.15. The SMILES string of the molecule is O=C(OF)c1ccc(O)c(=O)[nH]1.Oc1cc(O)c2c(c1)OC(c1cc(O)c(O)c(O)c1)CC2. The number of fused-ring (bicyclic) bond motifs is 1. The minimum absolute atomic E-state index is 0.0279. The molecule has 1 aromatic heterocycles. The summed E-state index contributed by atoms with van der Waals surface area (Å²) in [5.41, 5.74) is -0.134. The second-order valence-corrected chi connectivity index (χ2v) is 6.95. The summed E-state index contributed by atoms with van der Waals surface area (Å²) >= 11 is 0. The van der Waals surface area contributed by atoms with E-state index in [9.17, 15) is 39.6 Å². The van der Waals surface area contributed by atoms with Crippen molar-refractivity contribution in [3.8, 4) is 40.2 Å². The molecule has 0 bridgehead atoms. The first kappa shape index (κ1) is 23.1. The second kappa shape index (κ2) is 9.26. The van der Waals surface area contributed by atoms with Crippen LogP contribution in [-0.2, 0) is 11.4 Å². The summed E-state index contributed by atoms with van der Waals surface area (Å²) in [6.45, 7) is 0. The number of hydrogen-bond donors (Lipinski definition) is 7. The summed E-state index contributed by atoms with van der Waals surface area (Å²) in [5, 5.41) is 56.4. The number of carbonyl (C=O) groups excluding carboxylic acids is 1. The molecule has 174 valence electrons. The van der Waals surface area contributed by atoms with Crippen LogP contribution in [0.5, 0.6) is 40.2 Å². The molecule has 0 saturated heterocycles. The molecule has 0 aliphatic carbocycles. The molecule has 1 aliphatic heterocycles. The fourth-order valence-electron chi connectivity index (χ4n) is 3.13. The van der Waals surface area contributed by atoms with Gasteiger partial charge in [0.15, 0.2) is 23.0 Å². The smallest absolute Gasteiger partial charge is 0.395 e.